The van der Waals surface area contributed by atoms with Crippen LogP contribution in [0.1, 0.15) is 5.56 Å². The molecule has 2 N–H and O–H groups in total. The summed E-state index contributed by atoms with van der Waals surface area (Å²) in [5.74, 6) is 0. The van der Waals surface area contributed by atoms with Crippen molar-refractivity contribution in [3.8, 4) is 0 Å². The minimum atomic E-state index is -4.87. The molecule has 2 amide bonds. The lowest BCUT2D eigenvalue weighted by Crippen LogP contribution is -2.19. The van der Waals surface area contributed by atoms with Crippen molar-refractivity contribution in [1.82, 2.24) is 4.98 Å². The number of hydrogen-bond donors (Lipinski definition) is 2. The van der Waals surface area contributed by atoms with Crippen molar-refractivity contribution in [3.63, 3.8) is 0 Å². The minimum absolute atomic E-state index is 0.191. The second kappa shape index (κ2) is 9.63. The van der Waals surface area contributed by atoms with Gasteiger partial charge in [-0.1, -0.05) is 47.1 Å². The molecular weight excluding hydrogens is 492 g/mol. The molecule has 0 fully saturated rings. The Morgan fingerprint density at radius 2 is 1.72 bits per heavy atom. The van der Waals surface area contributed by atoms with Gasteiger partial charge in [0, 0.05) is 26.7 Å². The zero-order chi connectivity index (χ0) is 23.5. The minimum Gasteiger partial charge on any atom is -0.308 e. The summed E-state index contributed by atoms with van der Waals surface area (Å²) in [6.45, 7) is 0. The highest BCUT2D eigenvalue weighted by Gasteiger charge is 2.36. The van der Waals surface area contributed by atoms with Crippen LogP contribution in [-0.4, -0.2) is 15.9 Å². The van der Waals surface area contributed by atoms with E-state index >= 15 is 0 Å². The number of rotatable bonds is 5. The van der Waals surface area contributed by atoms with Gasteiger partial charge >= 0.3 is 12.2 Å². The van der Waals surface area contributed by atoms with E-state index < -0.39 is 33.4 Å². The number of alkyl halides is 3. The maximum Gasteiger partial charge on any atom is 0.419 e. The van der Waals surface area contributed by atoms with Crippen molar-refractivity contribution in [2.45, 2.75) is 16.1 Å². The van der Waals surface area contributed by atoms with Crippen molar-refractivity contribution in [3.05, 3.63) is 80.5 Å². The predicted octanol–water partition coefficient (Wildman–Crippen LogP) is 7.11. The number of amides is 2. The maximum atomic E-state index is 13.4. The summed E-state index contributed by atoms with van der Waals surface area (Å²) < 4.78 is 40.3. The summed E-state index contributed by atoms with van der Waals surface area (Å²) in [5.41, 5.74) is -1.55. The third kappa shape index (κ3) is 6.02. The average molecular weight is 503 g/mol. The van der Waals surface area contributed by atoms with Gasteiger partial charge in [-0.2, -0.15) is 13.2 Å². The normalized spacial score (nSPS) is 11.2. The molecular formula is C19H11Cl2F3N4O3S. The van der Waals surface area contributed by atoms with Crippen molar-refractivity contribution >= 4 is 58.1 Å². The molecule has 3 rings (SSSR count). The fourth-order valence-electron chi connectivity index (χ4n) is 2.50. The number of carbonyl (C=O) groups excluding carboxylic acids is 1. The molecule has 2 aromatic carbocycles. The van der Waals surface area contributed by atoms with Crippen LogP contribution in [0.2, 0.25) is 10.0 Å². The van der Waals surface area contributed by atoms with Crippen LogP contribution in [0.4, 0.5) is 35.0 Å². The molecule has 1 heterocycles. The van der Waals surface area contributed by atoms with E-state index in [9.17, 15) is 28.1 Å². The molecule has 0 aliphatic rings. The number of urea groups is 1. The van der Waals surface area contributed by atoms with Crippen LogP contribution in [0.25, 0.3) is 0 Å². The fourth-order valence-corrected chi connectivity index (χ4v) is 4.00. The van der Waals surface area contributed by atoms with Crippen LogP contribution in [0.3, 0.4) is 0 Å². The summed E-state index contributed by atoms with van der Waals surface area (Å²) in [7, 11) is 0. The Labute approximate surface area is 193 Å². The molecule has 166 valence electrons. The lowest BCUT2D eigenvalue weighted by Gasteiger charge is -2.14. The number of para-hydroxylation sites is 1. The van der Waals surface area contributed by atoms with E-state index in [1.54, 1.807) is 12.1 Å². The summed E-state index contributed by atoms with van der Waals surface area (Å²) >= 11 is 12.4. The van der Waals surface area contributed by atoms with E-state index in [2.05, 4.69) is 15.6 Å². The Hall–Kier alpha value is -3.02. The molecule has 0 bridgehead atoms. The standard InChI is InChI=1S/C19H11Cl2F3N4O3S/c20-10-5-11(21)7-12(6-10)26-18(29)27-15-3-1-2-4-16(15)32-17-14(19(22,23)24)8-13(9-25-17)28(30)31/h1-9H,(H2,26,27,29). The summed E-state index contributed by atoms with van der Waals surface area (Å²) in [4.78, 5) is 26.1. The van der Waals surface area contributed by atoms with E-state index in [1.165, 1.54) is 30.3 Å². The van der Waals surface area contributed by atoms with E-state index in [0.717, 1.165) is 6.20 Å². The zero-order valence-corrected chi connectivity index (χ0v) is 17.9. The number of pyridine rings is 1. The first-order chi connectivity index (χ1) is 15.0. The summed E-state index contributed by atoms with van der Waals surface area (Å²) in [5, 5.41) is 16.0. The van der Waals surface area contributed by atoms with Crippen LogP contribution in [-0.2, 0) is 6.18 Å². The number of halogens is 5. The number of hydrogen-bond acceptors (Lipinski definition) is 5. The van der Waals surface area contributed by atoms with E-state index in [0.29, 0.717) is 33.6 Å². The highest BCUT2D eigenvalue weighted by atomic mass is 35.5. The second-order valence-corrected chi connectivity index (χ2v) is 8.04. The lowest BCUT2D eigenvalue weighted by atomic mass is 10.2. The summed E-state index contributed by atoms with van der Waals surface area (Å²) in [6.07, 6.45) is -4.13. The highest BCUT2D eigenvalue weighted by Crippen LogP contribution is 2.41. The number of nitro groups is 1. The number of benzene rings is 2. The molecule has 0 spiro atoms. The van der Waals surface area contributed by atoms with Gasteiger partial charge in [0.15, 0.2) is 0 Å². The number of aromatic nitrogens is 1. The molecule has 13 heteroatoms. The van der Waals surface area contributed by atoms with E-state index in [4.69, 9.17) is 23.2 Å². The fraction of sp³-hybridized carbons (Fsp3) is 0.0526. The number of carbonyl (C=O) groups is 1. The van der Waals surface area contributed by atoms with Crippen molar-refractivity contribution < 1.29 is 22.9 Å². The molecule has 1 aromatic heterocycles. The quantitative estimate of drug-likeness (QED) is 0.286. The van der Waals surface area contributed by atoms with Crippen LogP contribution in [0.5, 0.6) is 0 Å². The average Bonchev–Trinajstić information content (AvgIpc) is 2.68. The molecule has 7 nitrogen and oxygen atoms in total. The Kier molecular flexibility index (Phi) is 7.12. The zero-order valence-electron chi connectivity index (χ0n) is 15.6. The lowest BCUT2D eigenvalue weighted by molar-refractivity contribution is -0.385. The monoisotopic (exact) mass is 502 g/mol. The van der Waals surface area contributed by atoms with Gasteiger partial charge in [-0.25, -0.2) is 9.78 Å². The van der Waals surface area contributed by atoms with Gasteiger partial charge in [0.2, 0.25) is 0 Å². The van der Waals surface area contributed by atoms with Gasteiger partial charge in [-0.15, -0.1) is 0 Å². The maximum absolute atomic E-state index is 13.4. The first kappa shape index (κ1) is 23.6. The summed E-state index contributed by atoms with van der Waals surface area (Å²) in [6, 6.07) is 10.2. The Morgan fingerprint density at radius 1 is 1.06 bits per heavy atom. The molecule has 0 aliphatic carbocycles. The SMILES string of the molecule is O=C(Nc1cc(Cl)cc(Cl)c1)Nc1ccccc1Sc1ncc([N+](=O)[O-])cc1C(F)(F)F. The van der Waals surface area contributed by atoms with Crippen molar-refractivity contribution in [1.29, 1.82) is 0 Å². The van der Waals surface area contributed by atoms with Crippen LogP contribution >= 0.6 is 35.0 Å². The number of anilines is 2. The molecule has 0 unspecified atom stereocenters. The predicted molar refractivity (Wildman–Crippen MR) is 116 cm³/mol. The molecule has 0 radical (unpaired) electrons. The topological polar surface area (TPSA) is 97.2 Å². The van der Waals surface area contributed by atoms with E-state index in [1.807, 2.05) is 0 Å². The molecule has 0 atom stereocenters. The third-order valence-corrected chi connectivity index (χ3v) is 5.35. The van der Waals surface area contributed by atoms with Gasteiger partial charge in [0.05, 0.1) is 16.2 Å². The first-order valence-electron chi connectivity index (χ1n) is 8.55. The Morgan fingerprint density at radius 3 is 2.34 bits per heavy atom. The molecule has 32 heavy (non-hydrogen) atoms. The van der Waals surface area contributed by atoms with Crippen LogP contribution < -0.4 is 10.6 Å². The van der Waals surface area contributed by atoms with E-state index in [-0.39, 0.29) is 10.6 Å². The van der Waals surface area contributed by atoms with Gasteiger partial charge in [-0.3, -0.25) is 10.1 Å². The van der Waals surface area contributed by atoms with Gasteiger partial charge in [0.25, 0.3) is 5.69 Å². The molecule has 0 saturated carbocycles. The largest absolute Gasteiger partial charge is 0.419 e. The van der Waals surface area contributed by atoms with Crippen molar-refractivity contribution in [2.24, 2.45) is 0 Å². The first-order valence-corrected chi connectivity index (χ1v) is 10.1. The second-order valence-electron chi connectivity index (χ2n) is 6.14. The molecule has 0 aliphatic heterocycles. The molecule has 0 saturated heterocycles. The molecule has 3 aromatic rings. The Bertz CT molecular complexity index is 1170. The van der Waals surface area contributed by atoms with Gasteiger partial charge in [-0.05, 0) is 30.3 Å². The van der Waals surface area contributed by atoms with Crippen molar-refractivity contribution in [2.75, 3.05) is 10.6 Å². The van der Waals surface area contributed by atoms with Crippen LogP contribution in [0, 0.1) is 10.1 Å². The van der Waals surface area contributed by atoms with Gasteiger partial charge < -0.3 is 10.6 Å². The third-order valence-electron chi connectivity index (χ3n) is 3.82. The van der Waals surface area contributed by atoms with Gasteiger partial charge in [0.1, 0.15) is 11.2 Å². The smallest absolute Gasteiger partial charge is 0.308 e. The number of nitrogens with one attached hydrogen (secondary N) is 2. The highest BCUT2D eigenvalue weighted by molar-refractivity contribution is 7.99. The Balaban J connectivity index is 1.86. The van der Waals surface area contributed by atoms with Crippen LogP contribution in [0.15, 0.2) is 64.6 Å². The number of nitrogens with zero attached hydrogens (tertiary/aromatic N) is 2.